The summed E-state index contributed by atoms with van der Waals surface area (Å²) in [5, 5.41) is 4.58. The van der Waals surface area contributed by atoms with E-state index in [9.17, 15) is 0 Å². The maximum Gasteiger partial charge on any atom is 0.0739 e. The first-order valence-corrected chi connectivity index (χ1v) is 8.81. The smallest absolute Gasteiger partial charge is 0.0739 e. The van der Waals surface area contributed by atoms with Gasteiger partial charge < -0.3 is 0 Å². The molecule has 0 aliphatic heterocycles. The Balaban J connectivity index is 2.11. The van der Waals surface area contributed by atoms with Crippen molar-refractivity contribution in [2.45, 2.75) is 63.5 Å². The molecule has 1 aromatic heterocycles. The Hall–Kier alpha value is 0.130. The molecule has 0 saturated heterocycles. The summed E-state index contributed by atoms with van der Waals surface area (Å²) >= 11 is 7.54. The molecule has 19 heavy (non-hydrogen) atoms. The van der Waals surface area contributed by atoms with E-state index in [1.165, 1.54) is 35.8 Å². The first-order valence-electron chi connectivity index (χ1n) is 7.10. The molecule has 0 radical (unpaired) electrons. The lowest BCUT2D eigenvalue weighted by Crippen LogP contribution is -2.40. The quantitative estimate of drug-likeness (QED) is 0.718. The van der Waals surface area contributed by atoms with E-state index < -0.39 is 0 Å². The van der Waals surface area contributed by atoms with Crippen molar-refractivity contribution in [3.8, 4) is 0 Å². The Kier molecular flexibility index (Phi) is 5.49. The highest BCUT2D eigenvalue weighted by atomic mass is 79.9. The van der Waals surface area contributed by atoms with Gasteiger partial charge in [0.1, 0.15) is 0 Å². The zero-order valence-corrected chi connectivity index (χ0v) is 15.2. The fraction of sp³-hybridized carbons (Fsp3) is 0.786. The molecule has 0 bridgehead atoms. The van der Waals surface area contributed by atoms with E-state index in [1.807, 2.05) is 0 Å². The highest BCUT2D eigenvalue weighted by Gasteiger charge is 2.27. The van der Waals surface area contributed by atoms with Crippen LogP contribution in [-0.4, -0.2) is 32.6 Å². The highest BCUT2D eigenvalue weighted by molar-refractivity contribution is 9.10. The summed E-state index contributed by atoms with van der Waals surface area (Å²) < 4.78 is 3.28. The molecule has 1 heterocycles. The second kappa shape index (κ2) is 6.72. The minimum Gasteiger partial charge on any atom is -0.296 e. The maximum atomic E-state index is 4.58. The van der Waals surface area contributed by atoms with Crippen LogP contribution in [0.15, 0.2) is 4.47 Å². The van der Waals surface area contributed by atoms with Crippen LogP contribution >= 0.6 is 31.9 Å². The van der Waals surface area contributed by atoms with Crippen LogP contribution in [0.4, 0.5) is 0 Å². The van der Waals surface area contributed by atoms with E-state index in [2.05, 4.69) is 67.4 Å². The third-order valence-corrected chi connectivity index (χ3v) is 6.17. The number of nitrogens with zero attached hydrogens (tertiary/aromatic N) is 3. The molecule has 5 heteroatoms. The molecular formula is C14H23Br2N3. The van der Waals surface area contributed by atoms with Crippen molar-refractivity contribution in [2.75, 3.05) is 7.05 Å². The summed E-state index contributed by atoms with van der Waals surface area (Å²) in [6, 6.07) is 0.640. The second-order valence-corrected chi connectivity index (χ2v) is 7.41. The summed E-state index contributed by atoms with van der Waals surface area (Å²) in [6.07, 6.45) is 5.30. The number of halogens is 2. The lowest BCUT2D eigenvalue weighted by molar-refractivity contribution is 0.188. The van der Waals surface area contributed by atoms with Crippen LogP contribution in [0.3, 0.4) is 0 Å². The van der Waals surface area contributed by atoms with E-state index in [4.69, 9.17) is 0 Å². The lowest BCUT2D eigenvalue weighted by Gasteiger charge is -2.35. The highest BCUT2D eigenvalue weighted by Crippen LogP contribution is 2.30. The van der Waals surface area contributed by atoms with E-state index >= 15 is 0 Å². The molecule has 0 aromatic carbocycles. The molecule has 1 aliphatic carbocycles. The molecule has 2 unspecified atom stereocenters. The average Bonchev–Trinajstić information content (AvgIpc) is 2.67. The number of hydrogen-bond donors (Lipinski definition) is 0. The summed E-state index contributed by atoms with van der Waals surface area (Å²) in [5.74, 6) is 0. The van der Waals surface area contributed by atoms with E-state index in [-0.39, 0.29) is 0 Å². The molecule has 1 aromatic rings. The van der Waals surface area contributed by atoms with Gasteiger partial charge >= 0.3 is 0 Å². The van der Waals surface area contributed by atoms with Crippen LogP contribution in [0.5, 0.6) is 0 Å². The monoisotopic (exact) mass is 391 g/mol. The Morgan fingerprint density at radius 1 is 1.37 bits per heavy atom. The average molecular weight is 393 g/mol. The van der Waals surface area contributed by atoms with Gasteiger partial charge in [-0.3, -0.25) is 9.58 Å². The third-order valence-electron chi connectivity index (χ3n) is 4.07. The molecule has 2 atom stereocenters. The summed E-state index contributed by atoms with van der Waals surface area (Å²) in [4.78, 5) is 3.11. The molecular weight excluding hydrogens is 370 g/mol. The molecule has 0 amide bonds. The van der Waals surface area contributed by atoms with Gasteiger partial charge in [-0.15, -0.1) is 0 Å². The lowest BCUT2D eigenvalue weighted by atomic mass is 9.94. The predicted molar refractivity (Wildman–Crippen MR) is 86.8 cm³/mol. The van der Waals surface area contributed by atoms with Gasteiger partial charge in [-0.25, -0.2) is 0 Å². The van der Waals surface area contributed by atoms with Crippen molar-refractivity contribution in [3.05, 3.63) is 15.9 Å². The topological polar surface area (TPSA) is 21.1 Å². The molecule has 0 N–H and O–H groups in total. The number of hydrogen-bond acceptors (Lipinski definition) is 2. The van der Waals surface area contributed by atoms with Crippen LogP contribution in [0.2, 0.25) is 0 Å². The first kappa shape index (κ1) is 15.5. The van der Waals surface area contributed by atoms with Gasteiger partial charge in [0, 0.05) is 24.0 Å². The van der Waals surface area contributed by atoms with Crippen molar-refractivity contribution in [1.29, 1.82) is 0 Å². The normalized spacial score (nSPS) is 24.1. The third kappa shape index (κ3) is 3.42. The van der Waals surface area contributed by atoms with Gasteiger partial charge in [0.05, 0.1) is 15.9 Å². The van der Waals surface area contributed by atoms with Crippen LogP contribution < -0.4 is 0 Å². The van der Waals surface area contributed by atoms with Crippen molar-refractivity contribution < 1.29 is 0 Å². The minimum atomic E-state index is 0.629. The Morgan fingerprint density at radius 3 is 2.68 bits per heavy atom. The van der Waals surface area contributed by atoms with Crippen molar-refractivity contribution in [1.82, 2.24) is 14.7 Å². The zero-order chi connectivity index (χ0) is 14.0. The predicted octanol–water partition coefficient (Wildman–Crippen LogP) is 4.11. The van der Waals surface area contributed by atoms with Crippen LogP contribution in [0, 0.1) is 6.92 Å². The van der Waals surface area contributed by atoms with Crippen molar-refractivity contribution in [2.24, 2.45) is 0 Å². The molecule has 1 aliphatic rings. The van der Waals surface area contributed by atoms with Crippen molar-refractivity contribution >= 4 is 31.9 Å². The molecule has 0 spiro atoms. The molecule has 3 nitrogen and oxygen atoms in total. The Morgan fingerprint density at radius 2 is 2.05 bits per heavy atom. The van der Waals surface area contributed by atoms with Gasteiger partial charge in [-0.1, -0.05) is 28.8 Å². The fourth-order valence-electron chi connectivity index (χ4n) is 2.94. The largest absolute Gasteiger partial charge is 0.296 e. The van der Waals surface area contributed by atoms with Gasteiger partial charge in [0.25, 0.3) is 0 Å². The summed E-state index contributed by atoms with van der Waals surface area (Å²) in [6.45, 7) is 6.10. The summed E-state index contributed by atoms with van der Waals surface area (Å²) in [7, 11) is 2.24. The standard InChI is InChI=1S/C14H23Br2N3/c1-4-19-13(14(16)10(2)17-19)9-18(3)12-8-6-5-7-11(12)15/h11-12H,4-9H2,1-3H3. The summed E-state index contributed by atoms with van der Waals surface area (Å²) in [5.41, 5.74) is 2.39. The molecule has 1 fully saturated rings. The molecule has 1 saturated carbocycles. The van der Waals surface area contributed by atoms with Crippen LogP contribution in [0.1, 0.15) is 44.0 Å². The molecule has 2 rings (SSSR count). The van der Waals surface area contributed by atoms with E-state index in [0.717, 1.165) is 18.8 Å². The minimum absolute atomic E-state index is 0.629. The number of rotatable bonds is 4. The Bertz CT molecular complexity index is 431. The number of aromatic nitrogens is 2. The zero-order valence-electron chi connectivity index (χ0n) is 12.0. The van der Waals surface area contributed by atoms with Gasteiger partial charge in [0.15, 0.2) is 0 Å². The van der Waals surface area contributed by atoms with Crippen LogP contribution in [-0.2, 0) is 13.1 Å². The van der Waals surface area contributed by atoms with Gasteiger partial charge in [-0.2, -0.15) is 5.10 Å². The second-order valence-electron chi connectivity index (χ2n) is 5.44. The van der Waals surface area contributed by atoms with Crippen molar-refractivity contribution in [3.63, 3.8) is 0 Å². The molecule has 108 valence electrons. The first-order chi connectivity index (χ1) is 9.04. The SMILES string of the molecule is CCn1nc(C)c(Br)c1CN(C)C1CCCCC1Br. The van der Waals surface area contributed by atoms with E-state index in [0.29, 0.717) is 10.9 Å². The van der Waals surface area contributed by atoms with Crippen LogP contribution in [0.25, 0.3) is 0 Å². The maximum absolute atomic E-state index is 4.58. The number of alkyl halides is 1. The Labute approximate surface area is 133 Å². The fourth-order valence-corrected chi connectivity index (χ4v) is 4.34. The number of aryl methyl sites for hydroxylation is 2. The van der Waals surface area contributed by atoms with Gasteiger partial charge in [-0.05, 0) is 49.7 Å². The van der Waals surface area contributed by atoms with Gasteiger partial charge in [0.2, 0.25) is 0 Å². The van der Waals surface area contributed by atoms with E-state index in [1.54, 1.807) is 0 Å².